The highest BCUT2D eigenvalue weighted by atomic mass is 32.2. The van der Waals surface area contributed by atoms with Crippen molar-refractivity contribution in [2.45, 2.75) is 42.7 Å². The third-order valence-electron chi connectivity index (χ3n) is 3.59. The number of hydrogen-bond donors (Lipinski definition) is 1. The number of rotatable bonds is 4. The molecule has 1 fully saturated rings. The van der Waals surface area contributed by atoms with Crippen LogP contribution in [0.1, 0.15) is 25.7 Å². The minimum absolute atomic E-state index is 0.0646. The van der Waals surface area contributed by atoms with Gasteiger partial charge in [0.15, 0.2) is 15.6 Å². The zero-order valence-corrected chi connectivity index (χ0v) is 12.5. The van der Waals surface area contributed by atoms with E-state index in [1.165, 1.54) is 12.1 Å². The fourth-order valence-electron chi connectivity index (χ4n) is 2.41. The lowest BCUT2D eigenvalue weighted by Crippen LogP contribution is -2.41. The molecule has 2 rings (SSSR count). The number of sulfone groups is 1. The Balaban J connectivity index is 2.32. The molecule has 2 unspecified atom stereocenters. The predicted molar refractivity (Wildman–Crippen MR) is 77.1 cm³/mol. The number of nitrogens with two attached hydrogens (primary N) is 1. The first-order valence-electron chi connectivity index (χ1n) is 6.70. The molecule has 1 saturated carbocycles. The number of ether oxygens (including phenoxy) is 1. The minimum atomic E-state index is -3.50. The van der Waals surface area contributed by atoms with E-state index in [0.29, 0.717) is 0 Å². The molecule has 0 spiro atoms. The van der Waals surface area contributed by atoms with Crippen molar-refractivity contribution in [3.05, 3.63) is 28.3 Å². The maximum absolute atomic E-state index is 11.5. The van der Waals surface area contributed by atoms with Crippen LogP contribution in [0.15, 0.2) is 23.1 Å². The highest BCUT2D eigenvalue weighted by Crippen LogP contribution is 2.32. The standard InChI is InChI=1S/C13H18N2O5S/c1-21(18,19)9-6-7-13(11(8-9)15(16)17)20-12-5-3-2-4-10(12)14/h6-8,10,12H,2-5,14H2,1H3. The second-order valence-electron chi connectivity index (χ2n) is 5.26. The molecule has 1 aromatic carbocycles. The average molecular weight is 314 g/mol. The molecule has 21 heavy (non-hydrogen) atoms. The molecule has 0 aliphatic heterocycles. The van der Waals surface area contributed by atoms with E-state index in [1.807, 2.05) is 0 Å². The predicted octanol–water partition coefficient (Wildman–Crippen LogP) is 1.65. The number of nitro benzene ring substituents is 1. The summed E-state index contributed by atoms with van der Waals surface area (Å²) < 4.78 is 28.6. The number of benzene rings is 1. The largest absolute Gasteiger partial charge is 0.482 e. The summed E-state index contributed by atoms with van der Waals surface area (Å²) >= 11 is 0. The van der Waals surface area contributed by atoms with Crippen LogP contribution < -0.4 is 10.5 Å². The van der Waals surface area contributed by atoms with Crippen molar-refractivity contribution < 1.29 is 18.1 Å². The summed E-state index contributed by atoms with van der Waals surface area (Å²) in [6.07, 6.45) is 4.28. The van der Waals surface area contributed by atoms with Gasteiger partial charge in [-0.05, 0) is 31.4 Å². The van der Waals surface area contributed by atoms with Gasteiger partial charge in [0.05, 0.1) is 9.82 Å². The molecule has 8 heteroatoms. The summed E-state index contributed by atoms with van der Waals surface area (Å²) in [6.45, 7) is 0. The van der Waals surface area contributed by atoms with Crippen molar-refractivity contribution in [2.24, 2.45) is 5.73 Å². The lowest BCUT2D eigenvalue weighted by Gasteiger charge is -2.28. The van der Waals surface area contributed by atoms with Gasteiger partial charge in [0, 0.05) is 18.4 Å². The summed E-state index contributed by atoms with van der Waals surface area (Å²) in [4.78, 5) is 10.4. The fraction of sp³-hybridized carbons (Fsp3) is 0.538. The van der Waals surface area contributed by atoms with E-state index in [1.54, 1.807) is 0 Å². The smallest absolute Gasteiger partial charge is 0.312 e. The third-order valence-corrected chi connectivity index (χ3v) is 4.70. The van der Waals surface area contributed by atoms with E-state index in [0.717, 1.165) is 38.0 Å². The molecular weight excluding hydrogens is 296 g/mol. The Morgan fingerprint density at radius 3 is 2.57 bits per heavy atom. The first kappa shape index (κ1) is 15.7. The van der Waals surface area contributed by atoms with Crippen molar-refractivity contribution in [1.29, 1.82) is 0 Å². The fourth-order valence-corrected chi connectivity index (χ4v) is 3.05. The van der Waals surface area contributed by atoms with Crippen molar-refractivity contribution in [3.8, 4) is 5.75 Å². The topological polar surface area (TPSA) is 113 Å². The molecular formula is C13H18N2O5S. The maximum Gasteiger partial charge on any atom is 0.312 e. The van der Waals surface area contributed by atoms with Crippen molar-refractivity contribution >= 4 is 15.5 Å². The number of nitro groups is 1. The maximum atomic E-state index is 11.5. The molecule has 0 radical (unpaired) electrons. The van der Waals surface area contributed by atoms with Crippen LogP contribution in [0.4, 0.5) is 5.69 Å². The number of hydrogen-bond acceptors (Lipinski definition) is 6. The van der Waals surface area contributed by atoms with Crippen LogP contribution >= 0.6 is 0 Å². The molecule has 0 saturated heterocycles. The van der Waals surface area contributed by atoms with Gasteiger partial charge in [-0.25, -0.2) is 8.42 Å². The molecule has 0 heterocycles. The zero-order valence-electron chi connectivity index (χ0n) is 11.7. The monoisotopic (exact) mass is 314 g/mol. The Hall–Kier alpha value is -1.67. The first-order chi connectivity index (χ1) is 9.79. The highest BCUT2D eigenvalue weighted by molar-refractivity contribution is 7.90. The van der Waals surface area contributed by atoms with Crippen molar-refractivity contribution in [3.63, 3.8) is 0 Å². The van der Waals surface area contributed by atoms with Crippen LogP contribution in [0.25, 0.3) is 0 Å². The van der Waals surface area contributed by atoms with E-state index in [2.05, 4.69) is 0 Å². The molecule has 7 nitrogen and oxygen atoms in total. The van der Waals surface area contributed by atoms with E-state index in [4.69, 9.17) is 10.5 Å². The van der Waals surface area contributed by atoms with Gasteiger partial charge in [0.25, 0.3) is 0 Å². The van der Waals surface area contributed by atoms with E-state index in [-0.39, 0.29) is 28.5 Å². The van der Waals surface area contributed by atoms with Crippen LogP contribution in [0.5, 0.6) is 5.75 Å². The van der Waals surface area contributed by atoms with Crippen molar-refractivity contribution in [1.82, 2.24) is 0 Å². The second kappa shape index (κ2) is 5.98. The van der Waals surface area contributed by atoms with E-state index >= 15 is 0 Å². The van der Waals surface area contributed by atoms with Gasteiger partial charge < -0.3 is 10.5 Å². The Bertz CT molecular complexity index is 644. The van der Waals surface area contributed by atoms with Crippen LogP contribution in [0.3, 0.4) is 0 Å². The Labute approximate surface area is 123 Å². The van der Waals surface area contributed by atoms with Crippen molar-refractivity contribution in [2.75, 3.05) is 6.26 Å². The van der Waals surface area contributed by atoms with Gasteiger partial charge in [0.1, 0.15) is 6.10 Å². The first-order valence-corrected chi connectivity index (χ1v) is 8.59. The molecule has 116 valence electrons. The van der Waals surface area contributed by atoms with Gasteiger partial charge >= 0.3 is 5.69 Å². The van der Waals surface area contributed by atoms with E-state index in [9.17, 15) is 18.5 Å². The summed E-state index contributed by atoms with van der Waals surface area (Å²) in [7, 11) is -3.50. The molecule has 1 aliphatic rings. The third kappa shape index (κ3) is 3.70. The summed E-state index contributed by atoms with van der Waals surface area (Å²) in [6, 6.07) is 3.51. The molecule has 2 N–H and O–H groups in total. The number of nitrogens with zero attached hydrogens (tertiary/aromatic N) is 1. The van der Waals surface area contributed by atoms with Crippen LogP contribution in [-0.2, 0) is 9.84 Å². The van der Waals surface area contributed by atoms with Gasteiger partial charge in [-0.15, -0.1) is 0 Å². The lowest BCUT2D eigenvalue weighted by molar-refractivity contribution is -0.386. The van der Waals surface area contributed by atoms with Crippen LogP contribution in [-0.4, -0.2) is 31.7 Å². The molecule has 2 atom stereocenters. The second-order valence-corrected chi connectivity index (χ2v) is 7.28. The normalized spacial score (nSPS) is 22.8. The van der Waals surface area contributed by atoms with E-state index < -0.39 is 14.8 Å². The Morgan fingerprint density at radius 1 is 1.33 bits per heavy atom. The quantitative estimate of drug-likeness (QED) is 0.668. The molecule has 1 aromatic rings. The minimum Gasteiger partial charge on any atom is -0.482 e. The van der Waals surface area contributed by atoms with Gasteiger partial charge in [-0.2, -0.15) is 0 Å². The lowest BCUT2D eigenvalue weighted by atomic mass is 9.93. The van der Waals surface area contributed by atoms with Gasteiger partial charge in [-0.3, -0.25) is 10.1 Å². The Morgan fingerprint density at radius 2 is 2.00 bits per heavy atom. The summed E-state index contributed by atoms with van der Waals surface area (Å²) in [5.41, 5.74) is 5.61. The summed E-state index contributed by atoms with van der Waals surface area (Å²) in [5.74, 6) is 0.0646. The highest BCUT2D eigenvalue weighted by Gasteiger charge is 2.27. The zero-order chi connectivity index (χ0) is 15.6. The molecule has 1 aliphatic carbocycles. The average Bonchev–Trinajstić information content (AvgIpc) is 2.40. The SMILES string of the molecule is CS(=O)(=O)c1ccc(OC2CCCCC2N)c([N+](=O)[O-])c1. The molecule has 0 aromatic heterocycles. The van der Waals surface area contributed by atoms with Gasteiger partial charge in [-0.1, -0.05) is 6.42 Å². The molecule has 0 bridgehead atoms. The van der Waals surface area contributed by atoms with Crippen LogP contribution in [0, 0.1) is 10.1 Å². The Kier molecular flexibility index (Phi) is 4.48. The van der Waals surface area contributed by atoms with Gasteiger partial charge in [0.2, 0.25) is 0 Å². The van der Waals surface area contributed by atoms with Crippen LogP contribution in [0.2, 0.25) is 0 Å². The summed E-state index contributed by atoms with van der Waals surface area (Å²) in [5, 5.41) is 11.1. The molecule has 0 amide bonds.